The van der Waals surface area contributed by atoms with E-state index in [0.29, 0.717) is 31.5 Å². The molecule has 36 heavy (non-hydrogen) atoms. The molecule has 10 heteroatoms. The van der Waals surface area contributed by atoms with E-state index in [1.807, 2.05) is 36.4 Å². The van der Waals surface area contributed by atoms with Gasteiger partial charge in [-0.1, -0.05) is 59.1 Å². The fourth-order valence-corrected chi connectivity index (χ4v) is 5.74. The topological polar surface area (TPSA) is 82.5 Å². The maximum absolute atomic E-state index is 11.5. The first-order chi connectivity index (χ1) is 17.0. The number of thiazole rings is 1. The lowest BCUT2D eigenvalue weighted by atomic mass is 10.1. The van der Waals surface area contributed by atoms with Gasteiger partial charge in [-0.2, -0.15) is 0 Å². The summed E-state index contributed by atoms with van der Waals surface area (Å²) in [5.41, 5.74) is 2.76. The van der Waals surface area contributed by atoms with Crippen LogP contribution in [0.1, 0.15) is 25.8 Å². The van der Waals surface area contributed by atoms with Crippen LogP contribution in [0.25, 0.3) is 21.0 Å². The van der Waals surface area contributed by atoms with Crippen molar-refractivity contribution in [1.82, 2.24) is 4.98 Å². The highest BCUT2D eigenvalue weighted by Gasteiger charge is 2.28. The molecule has 0 radical (unpaired) electrons. The molecule has 0 bridgehead atoms. The number of carboxylic acid groups (broad SMARTS) is 1. The first-order valence-electron chi connectivity index (χ1n) is 10.7. The molecule has 1 unspecified atom stereocenters. The van der Waals surface area contributed by atoms with E-state index >= 15 is 0 Å². The van der Waals surface area contributed by atoms with Gasteiger partial charge in [-0.05, 0) is 61.9 Å². The van der Waals surface area contributed by atoms with E-state index in [4.69, 9.17) is 39.8 Å². The van der Waals surface area contributed by atoms with Gasteiger partial charge in [0, 0.05) is 21.2 Å². The van der Waals surface area contributed by atoms with E-state index in [9.17, 15) is 15.0 Å². The molecule has 0 aliphatic carbocycles. The van der Waals surface area contributed by atoms with E-state index in [1.165, 1.54) is 23.1 Å². The van der Waals surface area contributed by atoms with Crippen LogP contribution in [0.3, 0.4) is 0 Å². The third-order valence-corrected chi connectivity index (χ3v) is 8.58. The zero-order valence-electron chi connectivity index (χ0n) is 19.1. The van der Waals surface area contributed by atoms with Crippen LogP contribution in [0.5, 0.6) is 0 Å². The molecule has 1 heterocycles. The summed E-state index contributed by atoms with van der Waals surface area (Å²) in [7, 11) is 0. The normalized spacial score (nSPS) is 12.4. The molecule has 186 valence electrons. The fraction of sp³-hybridized carbons (Fsp3) is 0.154. The van der Waals surface area contributed by atoms with Crippen LogP contribution >= 0.6 is 57.9 Å². The molecule has 1 aromatic heterocycles. The lowest BCUT2D eigenvalue weighted by molar-refractivity contribution is -0.138. The van der Waals surface area contributed by atoms with Crippen molar-refractivity contribution in [3.05, 3.63) is 87.5 Å². The number of thioether (sulfide) groups is 1. The lowest BCUT2D eigenvalue weighted by Gasteiger charge is -2.18. The Labute approximate surface area is 232 Å². The Hall–Kier alpha value is -2.26. The molecular formula is C26H21Cl3N2O3S2. The largest absolute Gasteiger partial charge is 0.480 e. The van der Waals surface area contributed by atoms with Crippen molar-refractivity contribution >= 4 is 69.6 Å². The smallest absolute Gasteiger partial charge is 0.319 e. The summed E-state index contributed by atoms with van der Waals surface area (Å²) in [5, 5.41) is 25.6. The van der Waals surface area contributed by atoms with Gasteiger partial charge in [-0.3, -0.25) is 4.79 Å². The molecule has 0 aliphatic heterocycles. The number of aliphatic hydroxyl groups is 1. The second kappa shape index (κ2) is 11.0. The minimum absolute atomic E-state index is 0.370. The Kier molecular flexibility index (Phi) is 8.19. The number of aromatic nitrogens is 1. The number of nitrogens with one attached hydrogen (secondary N) is 1. The predicted molar refractivity (Wildman–Crippen MR) is 151 cm³/mol. The highest BCUT2D eigenvalue weighted by Crippen LogP contribution is 2.40. The van der Waals surface area contributed by atoms with Crippen LogP contribution in [0.15, 0.2) is 71.6 Å². The standard InChI is InChI=1S/C26H21Cl3N2O3S2/c1-26(2,25(33)34)36-18-10-5-15(6-11-18)24-31-21(22(35-24)14-3-7-16(27)8-4-14)23(32)30-17-9-12-19(28)20(29)13-17/h3-13,23,30,32H,1-2H3,(H,33,34). The Morgan fingerprint density at radius 3 is 2.22 bits per heavy atom. The molecule has 0 aliphatic rings. The average molecular weight is 580 g/mol. The Morgan fingerprint density at radius 1 is 0.972 bits per heavy atom. The third-order valence-electron chi connectivity index (χ3n) is 5.23. The molecule has 0 fully saturated rings. The van der Waals surface area contributed by atoms with Crippen LogP contribution in [0, 0.1) is 0 Å². The maximum Gasteiger partial charge on any atom is 0.319 e. The molecule has 3 N–H and O–H groups in total. The second-order valence-corrected chi connectivity index (χ2v) is 12.3. The van der Waals surface area contributed by atoms with E-state index in [2.05, 4.69) is 5.32 Å². The zero-order chi connectivity index (χ0) is 26.0. The van der Waals surface area contributed by atoms with Gasteiger partial charge in [0.1, 0.15) is 15.4 Å². The van der Waals surface area contributed by atoms with Crippen molar-refractivity contribution in [2.45, 2.75) is 29.7 Å². The molecular weight excluding hydrogens is 559 g/mol. The number of carboxylic acids is 1. The van der Waals surface area contributed by atoms with Gasteiger partial charge in [0.05, 0.1) is 14.9 Å². The van der Waals surface area contributed by atoms with Crippen LogP contribution in [-0.4, -0.2) is 25.9 Å². The minimum atomic E-state index is -1.12. The van der Waals surface area contributed by atoms with Crippen LogP contribution in [0.2, 0.25) is 15.1 Å². The van der Waals surface area contributed by atoms with Crippen LogP contribution < -0.4 is 5.32 Å². The summed E-state index contributed by atoms with van der Waals surface area (Å²) in [5.74, 6) is -0.878. The van der Waals surface area contributed by atoms with E-state index in [0.717, 1.165) is 20.9 Å². The fourth-order valence-electron chi connectivity index (χ4n) is 3.26. The van der Waals surface area contributed by atoms with Crippen molar-refractivity contribution in [3.8, 4) is 21.0 Å². The number of nitrogens with zero attached hydrogens (tertiary/aromatic N) is 1. The lowest BCUT2D eigenvalue weighted by Crippen LogP contribution is -2.26. The number of hydrogen-bond donors (Lipinski definition) is 3. The quantitative estimate of drug-likeness (QED) is 0.143. The number of carbonyl (C=O) groups is 1. The molecule has 0 saturated carbocycles. The van der Waals surface area contributed by atoms with Crippen molar-refractivity contribution in [2.24, 2.45) is 0 Å². The van der Waals surface area contributed by atoms with Gasteiger partial charge in [-0.25, -0.2) is 4.98 Å². The minimum Gasteiger partial charge on any atom is -0.480 e. The third kappa shape index (κ3) is 6.17. The number of rotatable bonds is 8. The Bertz CT molecular complexity index is 1390. The Balaban J connectivity index is 1.68. The summed E-state index contributed by atoms with van der Waals surface area (Å²) in [6.45, 7) is 3.34. The molecule has 0 spiro atoms. The summed E-state index contributed by atoms with van der Waals surface area (Å²) in [6, 6.07) is 19.9. The van der Waals surface area contributed by atoms with Gasteiger partial charge in [0.25, 0.3) is 0 Å². The van der Waals surface area contributed by atoms with Crippen molar-refractivity contribution in [2.75, 3.05) is 5.32 Å². The van der Waals surface area contributed by atoms with E-state index in [1.54, 1.807) is 44.2 Å². The summed E-state index contributed by atoms with van der Waals surface area (Å²) in [6.07, 6.45) is -1.12. The van der Waals surface area contributed by atoms with Crippen molar-refractivity contribution < 1.29 is 15.0 Å². The van der Waals surface area contributed by atoms with Gasteiger partial charge in [-0.15, -0.1) is 23.1 Å². The molecule has 1 atom stereocenters. The number of benzene rings is 3. The van der Waals surface area contributed by atoms with Gasteiger partial charge in [0.15, 0.2) is 6.23 Å². The molecule has 4 rings (SSSR count). The molecule has 3 aromatic carbocycles. The molecule has 0 saturated heterocycles. The van der Waals surface area contributed by atoms with Crippen LogP contribution in [-0.2, 0) is 4.79 Å². The second-order valence-electron chi connectivity index (χ2n) is 8.36. The first kappa shape index (κ1) is 26.8. The molecule has 5 nitrogen and oxygen atoms in total. The predicted octanol–water partition coefficient (Wildman–Crippen LogP) is 8.50. The van der Waals surface area contributed by atoms with Crippen LogP contribution in [0.4, 0.5) is 5.69 Å². The molecule has 4 aromatic rings. The zero-order valence-corrected chi connectivity index (χ0v) is 23.0. The van der Waals surface area contributed by atoms with Gasteiger partial charge in [0.2, 0.25) is 0 Å². The Morgan fingerprint density at radius 2 is 1.61 bits per heavy atom. The summed E-state index contributed by atoms with van der Waals surface area (Å²) < 4.78 is -0.946. The highest BCUT2D eigenvalue weighted by molar-refractivity contribution is 8.01. The maximum atomic E-state index is 11.5. The highest BCUT2D eigenvalue weighted by atomic mass is 35.5. The molecule has 0 amide bonds. The van der Waals surface area contributed by atoms with Crippen molar-refractivity contribution in [3.63, 3.8) is 0 Å². The first-order valence-corrected chi connectivity index (χ1v) is 13.5. The number of hydrogen-bond acceptors (Lipinski definition) is 6. The average Bonchev–Trinajstić information content (AvgIpc) is 3.28. The van der Waals surface area contributed by atoms with Gasteiger partial charge >= 0.3 is 5.97 Å². The van der Waals surface area contributed by atoms with Crippen molar-refractivity contribution in [1.29, 1.82) is 0 Å². The SMILES string of the molecule is CC(C)(Sc1ccc(-c2nc(C(O)Nc3ccc(Cl)c(Cl)c3)c(-c3ccc(Cl)cc3)s2)cc1)C(=O)O. The monoisotopic (exact) mass is 578 g/mol. The van der Waals surface area contributed by atoms with E-state index in [-0.39, 0.29) is 0 Å². The summed E-state index contributed by atoms with van der Waals surface area (Å²) in [4.78, 5) is 17.8. The number of anilines is 1. The summed E-state index contributed by atoms with van der Waals surface area (Å²) >= 11 is 20.9. The number of aliphatic hydroxyl groups excluding tert-OH is 1. The number of halogens is 3. The van der Waals surface area contributed by atoms with Gasteiger partial charge < -0.3 is 15.5 Å². The van der Waals surface area contributed by atoms with E-state index < -0.39 is 16.9 Å². The number of aliphatic carboxylic acids is 1.